The molecular weight excluding hydrogens is 502 g/mol. The Morgan fingerprint density at radius 1 is 0.825 bits per heavy atom. The van der Waals surface area contributed by atoms with E-state index in [9.17, 15) is 5.11 Å². The van der Waals surface area contributed by atoms with Gasteiger partial charge in [-0.2, -0.15) is 0 Å². The van der Waals surface area contributed by atoms with Gasteiger partial charge in [-0.1, -0.05) is 80.1 Å². The summed E-state index contributed by atoms with van der Waals surface area (Å²) in [5.74, 6) is 2.96. The predicted octanol–water partition coefficient (Wildman–Crippen LogP) is 8.06. The maximum Gasteiger partial charge on any atom is 0.166 e. The molecule has 1 aromatic heterocycles. The fourth-order valence-electron chi connectivity index (χ4n) is 4.82. The molecule has 0 aliphatic heterocycles. The summed E-state index contributed by atoms with van der Waals surface area (Å²) >= 11 is 0. The first-order valence-electron chi connectivity index (χ1n) is 15.8. The molecule has 40 heavy (non-hydrogen) atoms. The third kappa shape index (κ3) is 11.7. The molecule has 0 fully saturated rings. The lowest BCUT2D eigenvalue weighted by atomic mass is 9.92. The molecule has 2 aromatic rings. The van der Waals surface area contributed by atoms with Crippen molar-refractivity contribution in [3.05, 3.63) is 30.9 Å². The summed E-state index contributed by atoms with van der Waals surface area (Å²) in [7, 11) is 0. The van der Waals surface area contributed by atoms with E-state index in [-0.39, 0.29) is 12.7 Å². The van der Waals surface area contributed by atoms with Crippen LogP contribution in [0.2, 0.25) is 0 Å². The van der Waals surface area contributed by atoms with Gasteiger partial charge in [0.2, 0.25) is 0 Å². The monoisotopic (exact) mass is 557 g/mol. The van der Waals surface area contributed by atoms with E-state index >= 15 is 0 Å². The minimum Gasteiger partial charge on any atom is -0.493 e. The number of ether oxygens (including phenoxy) is 3. The molecule has 0 bridgehead atoms. The van der Waals surface area contributed by atoms with E-state index in [1.54, 1.807) is 0 Å². The average Bonchev–Trinajstić information content (AvgIpc) is 3.00. The van der Waals surface area contributed by atoms with Crippen LogP contribution in [0.25, 0.3) is 11.4 Å². The number of aliphatic hydroxyl groups is 1. The van der Waals surface area contributed by atoms with Crippen LogP contribution in [0.5, 0.6) is 11.5 Å². The Kier molecular flexibility index (Phi) is 16.1. The summed E-state index contributed by atoms with van der Waals surface area (Å²) in [4.78, 5) is 12.6. The molecular formula is C33H55N3O4. The smallest absolute Gasteiger partial charge is 0.166 e. The molecule has 1 heterocycles. The number of aromatic nitrogens is 3. The normalized spacial score (nSPS) is 15.3. The number of rotatable bonds is 22. The zero-order valence-electron chi connectivity index (χ0n) is 26.0. The van der Waals surface area contributed by atoms with E-state index in [0.717, 1.165) is 37.2 Å². The van der Waals surface area contributed by atoms with Crippen LogP contribution in [0.3, 0.4) is 0 Å². The fraction of sp³-hybridized carbons (Fsp3) is 0.727. The van der Waals surface area contributed by atoms with Crippen molar-refractivity contribution in [3.63, 3.8) is 0 Å². The number of benzene rings is 1. The first-order valence-corrected chi connectivity index (χ1v) is 15.8. The van der Waals surface area contributed by atoms with Crippen molar-refractivity contribution in [1.29, 1.82) is 0 Å². The van der Waals surface area contributed by atoms with Crippen molar-refractivity contribution in [2.45, 2.75) is 124 Å². The Balaban J connectivity index is 2.15. The Hall–Kier alpha value is -2.25. The van der Waals surface area contributed by atoms with Gasteiger partial charge in [-0.3, -0.25) is 0 Å². The molecule has 4 atom stereocenters. The highest BCUT2D eigenvalue weighted by atomic mass is 16.5. The standard InChI is InChI=1S/C33H55N3O4/c1-7-13-15-26(9-3)21-38-28(11-5)20-33(37,12-6)23-40-31-19-29(39-22-27(10-4)16-14-8-2)17-18-30(31)32-35-24-34-25-36-32/h17-19,24-28,37H,7-16,20-23H2,1-6H3. The van der Waals surface area contributed by atoms with Gasteiger partial charge in [0.25, 0.3) is 0 Å². The molecule has 0 radical (unpaired) electrons. The Labute approximate surface area is 243 Å². The van der Waals surface area contributed by atoms with Gasteiger partial charge in [0, 0.05) is 19.1 Å². The van der Waals surface area contributed by atoms with Gasteiger partial charge in [-0.25, -0.2) is 15.0 Å². The van der Waals surface area contributed by atoms with Crippen molar-refractivity contribution >= 4 is 0 Å². The molecule has 1 aromatic carbocycles. The summed E-state index contributed by atoms with van der Waals surface area (Å²) in [6.07, 6.45) is 14.3. The van der Waals surface area contributed by atoms with Crippen LogP contribution >= 0.6 is 0 Å². The van der Waals surface area contributed by atoms with Crippen molar-refractivity contribution in [2.24, 2.45) is 11.8 Å². The lowest BCUT2D eigenvalue weighted by Crippen LogP contribution is -2.40. The van der Waals surface area contributed by atoms with Gasteiger partial charge in [-0.05, 0) is 49.7 Å². The second-order valence-electron chi connectivity index (χ2n) is 11.2. The summed E-state index contributed by atoms with van der Waals surface area (Å²) in [6.45, 7) is 14.6. The lowest BCUT2D eigenvalue weighted by Gasteiger charge is -2.31. The van der Waals surface area contributed by atoms with E-state index in [0.29, 0.717) is 42.9 Å². The van der Waals surface area contributed by atoms with Crippen molar-refractivity contribution in [2.75, 3.05) is 19.8 Å². The molecule has 0 saturated heterocycles. The number of unbranched alkanes of at least 4 members (excludes halogenated alkanes) is 2. The van der Waals surface area contributed by atoms with Gasteiger partial charge in [0.05, 0.1) is 18.3 Å². The van der Waals surface area contributed by atoms with E-state index in [1.165, 1.54) is 51.2 Å². The molecule has 0 aliphatic carbocycles. The highest BCUT2D eigenvalue weighted by Gasteiger charge is 2.31. The molecule has 7 nitrogen and oxygen atoms in total. The van der Waals surface area contributed by atoms with Crippen LogP contribution in [0, 0.1) is 11.8 Å². The van der Waals surface area contributed by atoms with Gasteiger partial charge >= 0.3 is 0 Å². The van der Waals surface area contributed by atoms with Crippen LogP contribution in [0.15, 0.2) is 30.9 Å². The van der Waals surface area contributed by atoms with Crippen molar-refractivity contribution in [1.82, 2.24) is 15.0 Å². The van der Waals surface area contributed by atoms with Gasteiger partial charge in [-0.15, -0.1) is 0 Å². The highest BCUT2D eigenvalue weighted by Crippen LogP contribution is 2.33. The molecule has 2 rings (SSSR count). The average molecular weight is 558 g/mol. The zero-order chi connectivity index (χ0) is 29.2. The summed E-state index contributed by atoms with van der Waals surface area (Å²) < 4.78 is 18.9. The summed E-state index contributed by atoms with van der Waals surface area (Å²) in [5, 5.41) is 11.6. The second kappa shape index (κ2) is 19.0. The number of nitrogens with zero attached hydrogens (tertiary/aromatic N) is 3. The van der Waals surface area contributed by atoms with Gasteiger partial charge in [0.15, 0.2) is 5.82 Å². The van der Waals surface area contributed by atoms with Crippen LogP contribution in [0.4, 0.5) is 0 Å². The molecule has 226 valence electrons. The molecule has 7 heteroatoms. The lowest BCUT2D eigenvalue weighted by molar-refractivity contribution is -0.0710. The topological polar surface area (TPSA) is 86.6 Å². The minimum absolute atomic E-state index is 0.0176. The predicted molar refractivity (Wildman–Crippen MR) is 163 cm³/mol. The molecule has 4 unspecified atom stereocenters. The number of hydrogen-bond donors (Lipinski definition) is 1. The number of hydrogen-bond acceptors (Lipinski definition) is 7. The zero-order valence-corrected chi connectivity index (χ0v) is 26.0. The maximum absolute atomic E-state index is 11.6. The molecule has 0 spiro atoms. The third-order valence-electron chi connectivity index (χ3n) is 8.04. The molecule has 0 amide bonds. The molecule has 0 aliphatic rings. The second-order valence-corrected chi connectivity index (χ2v) is 11.2. The van der Waals surface area contributed by atoms with E-state index in [1.807, 2.05) is 25.1 Å². The highest BCUT2D eigenvalue weighted by molar-refractivity contribution is 5.65. The Bertz CT molecular complexity index is 929. The first kappa shape index (κ1) is 34.0. The summed E-state index contributed by atoms with van der Waals surface area (Å²) in [5.41, 5.74) is -0.275. The maximum atomic E-state index is 11.6. The van der Waals surface area contributed by atoms with Crippen LogP contribution in [0.1, 0.15) is 112 Å². The molecule has 0 saturated carbocycles. The van der Waals surface area contributed by atoms with Crippen LogP contribution < -0.4 is 9.47 Å². The van der Waals surface area contributed by atoms with Gasteiger partial charge in [0.1, 0.15) is 36.4 Å². The van der Waals surface area contributed by atoms with Crippen LogP contribution in [-0.2, 0) is 4.74 Å². The van der Waals surface area contributed by atoms with Crippen molar-refractivity contribution in [3.8, 4) is 22.9 Å². The largest absolute Gasteiger partial charge is 0.493 e. The van der Waals surface area contributed by atoms with Crippen molar-refractivity contribution < 1.29 is 19.3 Å². The van der Waals surface area contributed by atoms with E-state index in [2.05, 4.69) is 49.6 Å². The summed E-state index contributed by atoms with van der Waals surface area (Å²) in [6, 6.07) is 5.76. The van der Waals surface area contributed by atoms with E-state index in [4.69, 9.17) is 14.2 Å². The third-order valence-corrected chi connectivity index (χ3v) is 8.04. The quantitative estimate of drug-likeness (QED) is 0.157. The molecule has 1 N–H and O–H groups in total. The minimum atomic E-state index is -1.02. The SMILES string of the molecule is CCCCC(CC)COc1ccc(-c2ncncn2)c(OCC(O)(CC)CC(CC)OCC(CC)CCCC)c1. The Morgan fingerprint density at radius 2 is 1.48 bits per heavy atom. The van der Waals surface area contributed by atoms with E-state index < -0.39 is 5.60 Å². The first-order chi connectivity index (χ1) is 19.4. The van der Waals surface area contributed by atoms with Crippen LogP contribution in [-0.4, -0.2) is 51.6 Å². The fourth-order valence-corrected chi connectivity index (χ4v) is 4.82. The Morgan fingerprint density at radius 3 is 2.05 bits per heavy atom. The van der Waals surface area contributed by atoms with Gasteiger partial charge < -0.3 is 19.3 Å².